The summed E-state index contributed by atoms with van der Waals surface area (Å²) in [6.45, 7) is 0.286. The maximum atomic E-state index is 12.1. The van der Waals surface area contributed by atoms with E-state index in [0.29, 0.717) is 22.5 Å². The van der Waals surface area contributed by atoms with E-state index in [1.165, 1.54) is 18.9 Å². The number of rotatable bonds is 7. The van der Waals surface area contributed by atoms with Gasteiger partial charge in [-0.25, -0.2) is 0 Å². The van der Waals surface area contributed by atoms with Crippen LogP contribution in [0.2, 0.25) is 0 Å². The summed E-state index contributed by atoms with van der Waals surface area (Å²) in [7, 11) is 1.26. The molecular formula is C21H19N3O5S. The maximum Gasteiger partial charge on any atom is 0.313 e. The Labute approximate surface area is 177 Å². The monoisotopic (exact) mass is 425 g/mol. The van der Waals surface area contributed by atoms with E-state index < -0.39 is 12.1 Å². The Morgan fingerprint density at radius 2 is 1.83 bits per heavy atom. The van der Waals surface area contributed by atoms with Crippen LogP contribution < -0.4 is 9.47 Å². The average Bonchev–Trinajstić information content (AvgIpc) is 3.22. The number of esters is 1. The number of para-hydroxylation sites is 3. The summed E-state index contributed by atoms with van der Waals surface area (Å²) >= 11 is 1.21. The molecule has 0 radical (unpaired) electrons. The van der Waals surface area contributed by atoms with Crippen LogP contribution in [0.4, 0.5) is 0 Å². The summed E-state index contributed by atoms with van der Waals surface area (Å²) in [5, 5.41) is 9.12. The first-order valence-electron chi connectivity index (χ1n) is 9.26. The summed E-state index contributed by atoms with van der Waals surface area (Å²) in [4.78, 5) is 23.4. The molecule has 8 nitrogen and oxygen atoms in total. The standard InChI is InChI=1S/C21H19N3O5S/c1-27-19(26)11-15(25)13-30-21-23-22-20(24(21)14-7-3-2-4-8-14)18-12-28-16-9-5-6-10-17(16)29-18/h2-10,18H,11-13H2,1H3/t18-/m1/s1. The van der Waals surface area contributed by atoms with E-state index in [2.05, 4.69) is 14.9 Å². The van der Waals surface area contributed by atoms with Crippen molar-refractivity contribution >= 4 is 23.5 Å². The minimum atomic E-state index is -0.558. The Morgan fingerprint density at radius 3 is 2.60 bits per heavy atom. The number of methoxy groups -OCH3 is 1. The number of Topliss-reactive ketones (excluding diaryl/α,β-unsaturated/α-hetero) is 1. The Hall–Kier alpha value is -3.33. The Morgan fingerprint density at radius 1 is 1.10 bits per heavy atom. The van der Waals surface area contributed by atoms with Crippen molar-refractivity contribution in [2.24, 2.45) is 0 Å². The lowest BCUT2D eigenvalue weighted by Crippen LogP contribution is -2.24. The third-order valence-electron chi connectivity index (χ3n) is 4.40. The van der Waals surface area contributed by atoms with Crippen LogP contribution in [0.5, 0.6) is 11.5 Å². The molecular weight excluding hydrogens is 406 g/mol. The summed E-state index contributed by atoms with van der Waals surface area (Å²) in [6.07, 6.45) is -0.737. The molecule has 1 aliphatic heterocycles. The van der Waals surface area contributed by atoms with Gasteiger partial charge in [0, 0.05) is 5.69 Å². The zero-order valence-corrected chi connectivity index (χ0v) is 17.0. The smallest absolute Gasteiger partial charge is 0.313 e. The Balaban J connectivity index is 1.60. The molecule has 1 aromatic heterocycles. The highest BCUT2D eigenvalue weighted by Gasteiger charge is 2.29. The highest BCUT2D eigenvalue weighted by atomic mass is 32.2. The number of benzene rings is 2. The molecule has 0 spiro atoms. The topological polar surface area (TPSA) is 92.5 Å². The number of ketones is 1. The van der Waals surface area contributed by atoms with Crippen molar-refractivity contribution in [3.05, 3.63) is 60.4 Å². The number of hydrogen-bond donors (Lipinski definition) is 0. The minimum absolute atomic E-state index is 0.0743. The van der Waals surface area contributed by atoms with Crippen molar-refractivity contribution in [1.82, 2.24) is 14.8 Å². The summed E-state index contributed by atoms with van der Waals surface area (Å²) in [5.41, 5.74) is 0.836. The number of carbonyl (C=O) groups is 2. The highest BCUT2D eigenvalue weighted by molar-refractivity contribution is 7.99. The van der Waals surface area contributed by atoms with E-state index in [1.807, 2.05) is 59.2 Å². The van der Waals surface area contributed by atoms with Gasteiger partial charge in [-0.1, -0.05) is 42.1 Å². The SMILES string of the molecule is COC(=O)CC(=O)CSc1nnc([C@H]2COc3ccccc3O2)n1-c1ccccc1. The molecule has 0 amide bonds. The van der Waals surface area contributed by atoms with Gasteiger partial charge in [0.25, 0.3) is 0 Å². The molecule has 0 saturated heterocycles. The fourth-order valence-corrected chi connectivity index (χ4v) is 3.80. The van der Waals surface area contributed by atoms with Crippen LogP contribution in [-0.2, 0) is 14.3 Å². The van der Waals surface area contributed by atoms with Crippen molar-refractivity contribution in [2.75, 3.05) is 19.5 Å². The molecule has 30 heavy (non-hydrogen) atoms. The van der Waals surface area contributed by atoms with Gasteiger partial charge in [0.2, 0.25) is 0 Å². The Kier molecular flexibility index (Phi) is 5.99. The second kappa shape index (κ2) is 9.00. The third kappa shape index (κ3) is 4.30. The molecule has 0 unspecified atom stereocenters. The molecule has 1 atom stereocenters. The number of fused-ring (bicyclic) bond motifs is 1. The molecule has 0 fully saturated rings. The van der Waals surface area contributed by atoms with Gasteiger partial charge in [-0.3, -0.25) is 14.2 Å². The van der Waals surface area contributed by atoms with Crippen LogP contribution in [0.15, 0.2) is 59.8 Å². The Bertz CT molecular complexity index is 1050. The predicted molar refractivity (Wildman–Crippen MR) is 109 cm³/mol. The van der Waals surface area contributed by atoms with Crippen molar-refractivity contribution in [2.45, 2.75) is 17.7 Å². The normalized spacial score (nSPS) is 14.9. The van der Waals surface area contributed by atoms with Gasteiger partial charge < -0.3 is 14.2 Å². The number of thioether (sulfide) groups is 1. The minimum Gasteiger partial charge on any atom is -0.485 e. The zero-order valence-electron chi connectivity index (χ0n) is 16.2. The molecule has 154 valence electrons. The maximum absolute atomic E-state index is 12.1. The molecule has 4 rings (SSSR count). The van der Waals surface area contributed by atoms with Gasteiger partial charge in [-0.2, -0.15) is 0 Å². The summed E-state index contributed by atoms with van der Waals surface area (Å²) < 4.78 is 18.3. The van der Waals surface area contributed by atoms with Crippen LogP contribution >= 0.6 is 11.8 Å². The van der Waals surface area contributed by atoms with E-state index in [4.69, 9.17) is 9.47 Å². The van der Waals surface area contributed by atoms with Gasteiger partial charge in [0.05, 0.1) is 12.9 Å². The first-order valence-corrected chi connectivity index (χ1v) is 10.2. The lowest BCUT2D eigenvalue weighted by Gasteiger charge is -2.26. The first-order chi connectivity index (χ1) is 14.7. The van der Waals surface area contributed by atoms with Gasteiger partial charge in [0.1, 0.15) is 13.0 Å². The largest absolute Gasteiger partial charge is 0.485 e. The molecule has 0 N–H and O–H groups in total. The molecule has 2 aromatic carbocycles. The van der Waals surface area contributed by atoms with Crippen LogP contribution in [0.3, 0.4) is 0 Å². The zero-order chi connectivity index (χ0) is 20.9. The van der Waals surface area contributed by atoms with Crippen LogP contribution in [0.1, 0.15) is 18.3 Å². The average molecular weight is 425 g/mol. The van der Waals surface area contributed by atoms with E-state index in [1.54, 1.807) is 0 Å². The number of hydrogen-bond acceptors (Lipinski definition) is 8. The van der Waals surface area contributed by atoms with Crippen LogP contribution in [0.25, 0.3) is 5.69 Å². The molecule has 0 saturated carbocycles. The molecule has 9 heteroatoms. The summed E-state index contributed by atoms with van der Waals surface area (Å²) in [6, 6.07) is 17.0. The molecule has 0 aliphatic carbocycles. The van der Waals surface area contributed by atoms with Crippen molar-refractivity contribution in [3.8, 4) is 17.2 Å². The second-order valence-electron chi connectivity index (χ2n) is 6.46. The van der Waals surface area contributed by atoms with Gasteiger partial charge in [-0.05, 0) is 24.3 Å². The highest BCUT2D eigenvalue weighted by Crippen LogP contribution is 2.36. The van der Waals surface area contributed by atoms with Crippen LogP contribution in [0, 0.1) is 0 Å². The molecule has 0 bridgehead atoms. The predicted octanol–water partition coefficient (Wildman–Crippen LogP) is 3.00. The lowest BCUT2D eigenvalue weighted by atomic mass is 10.2. The first kappa shape index (κ1) is 20.0. The summed E-state index contributed by atoms with van der Waals surface area (Å²) in [5.74, 6) is 1.16. The van der Waals surface area contributed by atoms with Crippen LogP contribution in [-0.4, -0.2) is 46.0 Å². The number of ether oxygens (including phenoxy) is 3. The van der Waals surface area contributed by atoms with Crippen molar-refractivity contribution in [3.63, 3.8) is 0 Å². The molecule has 1 aliphatic rings. The third-order valence-corrected chi connectivity index (χ3v) is 5.39. The lowest BCUT2D eigenvalue weighted by molar-refractivity contribution is -0.142. The van der Waals surface area contributed by atoms with Gasteiger partial charge in [-0.15, -0.1) is 10.2 Å². The van der Waals surface area contributed by atoms with Crippen molar-refractivity contribution < 1.29 is 23.8 Å². The van der Waals surface area contributed by atoms with E-state index in [-0.39, 0.29) is 24.6 Å². The van der Waals surface area contributed by atoms with E-state index in [9.17, 15) is 9.59 Å². The quantitative estimate of drug-likeness (QED) is 0.324. The second-order valence-corrected chi connectivity index (χ2v) is 7.40. The van der Waals surface area contributed by atoms with E-state index >= 15 is 0 Å². The fraction of sp³-hybridized carbons (Fsp3) is 0.238. The van der Waals surface area contributed by atoms with Crippen molar-refractivity contribution in [1.29, 1.82) is 0 Å². The molecule has 2 heterocycles. The molecule has 3 aromatic rings. The fourth-order valence-electron chi connectivity index (χ4n) is 2.98. The number of carbonyl (C=O) groups excluding carboxylic acids is 2. The number of aromatic nitrogens is 3. The number of nitrogens with zero attached hydrogens (tertiary/aromatic N) is 3. The van der Waals surface area contributed by atoms with Gasteiger partial charge in [0.15, 0.2) is 34.4 Å². The van der Waals surface area contributed by atoms with Gasteiger partial charge >= 0.3 is 5.97 Å². The van der Waals surface area contributed by atoms with E-state index in [0.717, 1.165) is 5.69 Å².